The number of benzene rings is 1. The third kappa shape index (κ3) is 4.43. The molecule has 0 N–H and O–H groups in total. The van der Waals surface area contributed by atoms with Gasteiger partial charge in [0, 0.05) is 13.5 Å². The molecule has 0 spiro atoms. The monoisotopic (exact) mass is 345 g/mol. The first-order valence-electron chi connectivity index (χ1n) is 8.47. The molecule has 1 aromatic carbocycles. The molecule has 0 radical (unpaired) electrons. The van der Waals surface area contributed by atoms with E-state index in [1.807, 2.05) is 24.3 Å². The van der Waals surface area contributed by atoms with Gasteiger partial charge in [-0.1, -0.05) is 17.3 Å². The van der Waals surface area contributed by atoms with Crippen molar-refractivity contribution in [3.63, 3.8) is 0 Å². The minimum absolute atomic E-state index is 0.121. The van der Waals surface area contributed by atoms with Gasteiger partial charge in [0.05, 0.1) is 26.0 Å². The molecule has 1 aromatic heterocycles. The molecule has 25 heavy (non-hydrogen) atoms. The number of carbonyl (C=O) groups excluding carboxylic acids is 1. The third-order valence-electron chi connectivity index (χ3n) is 4.21. The highest BCUT2D eigenvalue weighted by molar-refractivity contribution is 5.93. The fraction of sp³-hybridized carbons (Fsp3) is 0.500. The Kier molecular flexibility index (Phi) is 5.78. The zero-order valence-corrected chi connectivity index (χ0v) is 14.6. The number of ether oxygens (including phenoxy) is 3. The molecule has 1 unspecified atom stereocenters. The van der Waals surface area contributed by atoms with Crippen LogP contribution in [0, 0.1) is 0 Å². The highest BCUT2D eigenvalue weighted by Crippen LogP contribution is 2.18. The van der Waals surface area contributed by atoms with Crippen molar-refractivity contribution < 1.29 is 19.0 Å². The number of hydrogen-bond donors (Lipinski definition) is 0. The van der Waals surface area contributed by atoms with Crippen molar-refractivity contribution >= 4 is 5.78 Å². The van der Waals surface area contributed by atoms with Crippen LogP contribution in [-0.4, -0.2) is 40.8 Å². The first-order chi connectivity index (χ1) is 12.2. The van der Waals surface area contributed by atoms with Gasteiger partial charge in [-0.25, -0.2) is 4.68 Å². The van der Waals surface area contributed by atoms with Crippen molar-refractivity contribution in [2.24, 2.45) is 0 Å². The lowest BCUT2D eigenvalue weighted by Crippen LogP contribution is -2.23. The number of methoxy groups -OCH3 is 1. The van der Waals surface area contributed by atoms with Gasteiger partial charge < -0.3 is 14.2 Å². The van der Waals surface area contributed by atoms with Crippen molar-refractivity contribution in [1.82, 2.24) is 15.0 Å². The van der Waals surface area contributed by atoms with E-state index in [4.69, 9.17) is 14.2 Å². The van der Waals surface area contributed by atoms with Crippen LogP contribution in [0.5, 0.6) is 5.75 Å². The normalized spacial score (nSPS) is 17.4. The first-order valence-corrected chi connectivity index (χ1v) is 8.47. The Bertz CT molecular complexity index is 706. The van der Waals surface area contributed by atoms with E-state index in [0.29, 0.717) is 24.5 Å². The van der Waals surface area contributed by atoms with E-state index in [-0.39, 0.29) is 18.7 Å². The van der Waals surface area contributed by atoms with Crippen LogP contribution < -0.4 is 4.74 Å². The lowest BCUT2D eigenvalue weighted by molar-refractivity contribution is -0.169. The van der Waals surface area contributed by atoms with Gasteiger partial charge in [-0.2, -0.15) is 0 Å². The van der Waals surface area contributed by atoms with Crippen molar-refractivity contribution in [1.29, 1.82) is 0 Å². The van der Waals surface area contributed by atoms with E-state index in [9.17, 15) is 4.79 Å². The van der Waals surface area contributed by atoms with Gasteiger partial charge in [0.25, 0.3) is 0 Å². The van der Waals surface area contributed by atoms with Crippen LogP contribution in [0.2, 0.25) is 0 Å². The lowest BCUT2D eigenvalue weighted by atomic mass is 10.2. The summed E-state index contributed by atoms with van der Waals surface area (Å²) in [6.45, 7) is 2.97. The summed E-state index contributed by atoms with van der Waals surface area (Å²) in [5.74, 6) is 0.675. The Labute approximate surface area is 146 Å². The minimum atomic E-state index is -0.224. The maximum atomic E-state index is 11.8. The number of rotatable bonds is 7. The standard InChI is InChI=1S/C18H23N3O4/c1-13(22)18-16(12-25-17-5-3-4-10-24-17)21(20-19-18)11-14-6-8-15(23-2)9-7-14/h6-9,17H,3-5,10-12H2,1-2H3. The number of hydrogen-bond acceptors (Lipinski definition) is 6. The van der Waals surface area contributed by atoms with Crippen molar-refractivity contribution in [3.8, 4) is 5.75 Å². The SMILES string of the molecule is COc1ccc(Cn2nnc(C(C)=O)c2COC2CCCCO2)cc1. The molecular formula is C18H23N3O4. The second-order valence-corrected chi connectivity index (χ2v) is 6.05. The van der Waals surface area contributed by atoms with Crippen LogP contribution in [0.25, 0.3) is 0 Å². The number of Topliss-reactive ketones (excluding diaryl/α,β-unsaturated/α-hetero) is 1. The molecule has 0 amide bonds. The Morgan fingerprint density at radius 2 is 2.12 bits per heavy atom. The van der Waals surface area contributed by atoms with Gasteiger partial charge in [-0.05, 0) is 37.0 Å². The summed E-state index contributed by atoms with van der Waals surface area (Å²) in [5.41, 5.74) is 2.07. The fourth-order valence-electron chi connectivity index (χ4n) is 2.79. The van der Waals surface area contributed by atoms with Crippen LogP contribution in [-0.2, 0) is 22.6 Å². The summed E-state index contributed by atoms with van der Waals surface area (Å²) in [4.78, 5) is 11.8. The number of nitrogens with zero attached hydrogens (tertiary/aromatic N) is 3. The van der Waals surface area contributed by atoms with Gasteiger partial charge in [-0.15, -0.1) is 5.10 Å². The Morgan fingerprint density at radius 1 is 1.32 bits per heavy atom. The molecule has 1 atom stereocenters. The van der Waals surface area contributed by atoms with Crippen molar-refractivity contribution in [2.75, 3.05) is 13.7 Å². The maximum Gasteiger partial charge on any atom is 0.182 e. The molecule has 7 heteroatoms. The maximum absolute atomic E-state index is 11.8. The molecule has 2 aromatic rings. The Hall–Kier alpha value is -2.25. The van der Waals surface area contributed by atoms with Crippen LogP contribution >= 0.6 is 0 Å². The summed E-state index contributed by atoms with van der Waals surface area (Å²) in [6, 6.07) is 7.71. The Balaban J connectivity index is 1.74. The quantitative estimate of drug-likeness (QED) is 0.718. The molecule has 134 valence electrons. The van der Waals surface area contributed by atoms with E-state index < -0.39 is 0 Å². The molecule has 1 fully saturated rings. The average Bonchev–Trinajstić information content (AvgIpc) is 3.04. The van der Waals surface area contributed by atoms with Gasteiger partial charge in [0.2, 0.25) is 0 Å². The second-order valence-electron chi connectivity index (χ2n) is 6.05. The zero-order valence-electron chi connectivity index (χ0n) is 14.6. The molecule has 0 aliphatic carbocycles. The molecule has 1 saturated heterocycles. The molecule has 3 rings (SSSR count). The smallest absolute Gasteiger partial charge is 0.182 e. The predicted octanol–water partition coefficient (Wildman–Crippen LogP) is 2.58. The van der Waals surface area contributed by atoms with Gasteiger partial charge >= 0.3 is 0 Å². The average molecular weight is 345 g/mol. The van der Waals surface area contributed by atoms with E-state index in [1.54, 1.807) is 11.8 Å². The summed E-state index contributed by atoms with van der Waals surface area (Å²) in [6.07, 6.45) is 2.80. The number of carbonyl (C=O) groups is 1. The van der Waals surface area contributed by atoms with Gasteiger partial charge in [0.1, 0.15) is 5.75 Å². The molecular weight excluding hydrogens is 322 g/mol. The summed E-state index contributed by atoms with van der Waals surface area (Å²) in [5, 5.41) is 8.16. The van der Waals surface area contributed by atoms with Crippen molar-refractivity contribution in [3.05, 3.63) is 41.2 Å². The van der Waals surface area contributed by atoms with E-state index in [0.717, 1.165) is 30.6 Å². The van der Waals surface area contributed by atoms with Crippen LogP contribution in [0.4, 0.5) is 0 Å². The topological polar surface area (TPSA) is 75.5 Å². The zero-order chi connectivity index (χ0) is 17.6. The largest absolute Gasteiger partial charge is 0.497 e. The third-order valence-corrected chi connectivity index (χ3v) is 4.21. The number of aromatic nitrogens is 3. The van der Waals surface area contributed by atoms with Crippen LogP contribution in [0.3, 0.4) is 0 Å². The van der Waals surface area contributed by atoms with Gasteiger partial charge in [0.15, 0.2) is 17.8 Å². The minimum Gasteiger partial charge on any atom is -0.497 e. The predicted molar refractivity (Wildman–Crippen MR) is 90.5 cm³/mol. The van der Waals surface area contributed by atoms with E-state index in [1.165, 1.54) is 6.92 Å². The molecule has 1 aliphatic heterocycles. The summed E-state index contributed by atoms with van der Waals surface area (Å²) >= 11 is 0. The molecule has 2 heterocycles. The molecule has 0 saturated carbocycles. The second kappa shape index (κ2) is 8.22. The van der Waals surface area contributed by atoms with Crippen LogP contribution in [0.1, 0.15) is 47.9 Å². The molecule has 1 aliphatic rings. The lowest BCUT2D eigenvalue weighted by Gasteiger charge is -2.22. The van der Waals surface area contributed by atoms with E-state index >= 15 is 0 Å². The number of ketones is 1. The highest BCUT2D eigenvalue weighted by atomic mass is 16.7. The Morgan fingerprint density at radius 3 is 2.76 bits per heavy atom. The summed E-state index contributed by atoms with van der Waals surface area (Å²) < 4.78 is 18.3. The van der Waals surface area contributed by atoms with Crippen molar-refractivity contribution in [2.45, 2.75) is 45.6 Å². The molecule has 0 bridgehead atoms. The fourth-order valence-corrected chi connectivity index (χ4v) is 2.79. The van der Waals surface area contributed by atoms with Gasteiger partial charge in [-0.3, -0.25) is 4.79 Å². The first kappa shape index (κ1) is 17.6. The van der Waals surface area contributed by atoms with E-state index in [2.05, 4.69) is 10.3 Å². The van der Waals surface area contributed by atoms with Crippen LogP contribution in [0.15, 0.2) is 24.3 Å². The summed E-state index contributed by atoms with van der Waals surface area (Å²) in [7, 11) is 1.63. The molecule has 7 nitrogen and oxygen atoms in total. The highest BCUT2D eigenvalue weighted by Gasteiger charge is 2.20.